The second-order valence-electron chi connectivity index (χ2n) is 3.84. The summed E-state index contributed by atoms with van der Waals surface area (Å²) in [5.74, 6) is 0.316. The molecule has 2 rings (SSSR count). The minimum absolute atomic E-state index is 0.102. The van der Waals surface area contributed by atoms with Crippen LogP contribution < -0.4 is 9.47 Å². The second-order valence-corrected chi connectivity index (χ2v) is 3.84. The van der Waals surface area contributed by atoms with Gasteiger partial charge in [0.15, 0.2) is 0 Å². The molecular weight excluding hydrogens is 248 g/mol. The molecule has 0 fully saturated rings. The molecule has 0 amide bonds. The van der Waals surface area contributed by atoms with Gasteiger partial charge in [0.25, 0.3) is 0 Å². The number of hydrogen-bond donors (Lipinski definition) is 1. The third-order valence-electron chi connectivity index (χ3n) is 2.67. The molecular formula is C13H14N2O4. The summed E-state index contributed by atoms with van der Waals surface area (Å²) in [6, 6.07) is 6.93. The Morgan fingerprint density at radius 1 is 1.32 bits per heavy atom. The Labute approximate surface area is 110 Å². The van der Waals surface area contributed by atoms with Gasteiger partial charge in [0, 0.05) is 12.3 Å². The van der Waals surface area contributed by atoms with E-state index in [9.17, 15) is 4.79 Å². The Morgan fingerprint density at radius 2 is 2.11 bits per heavy atom. The zero-order valence-electron chi connectivity index (χ0n) is 10.7. The first-order chi connectivity index (χ1) is 9.15. The van der Waals surface area contributed by atoms with Gasteiger partial charge in [0.2, 0.25) is 0 Å². The standard InChI is InChI=1S/C13H14N2O4/c1-18-10-3-4-11(12(8-10)19-2)15-9(5-6-14-15)7-13(16)17/h3-6,8H,7H2,1-2H3,(H,16,17). The summed E-state index contributed by atoms with van der Waals surface area (Å²) in [6.07, 6.45) is 1.46. The summed E-state index contributed by atoms with van der Waals surface area (Å²) < 4.78 is 12.0. The van der Waals surface area contributed by atoms with Gasteiger partial charge in [-0.15, -0.1) is 0 Å². The van der Waals surface area contributed by atoms with E-state index in [2.05, 4.69) is 5.10 Å². The molecule has 1 heterocycles. The SMILES string of the molecule is COc1ccc(-n2nccc2CC(=O)O)c(OC)c1. The van der Waals surface area contributed by atoms with E-state index < -0.39 is 5.97 Å². The molecule has 0 saturated carbocycles. The average molecular weight is 262 g/mol. The summed E-state index contributed by atoms with van der Waals surface area (Å²) in [4.78, 5) is 10.8. The molecule has 1 aromatic carbocycles. The van der Waals surface area contributed by atoms with Gasteiger partial charge in [-0.2, -0.15) is 5.10 Å². The first-order valence-corrected chi connectivity index (χ1v) is 5.63. The Balaban J connectivity index is 2.46. The number of carboxylic acid groups (broad SMARTS) is 1. The van der Waals surface area contributed by atoms with E-state index in [1.165, 1.54) is 0 Å². The Morgan fingerprint density at radius 3 is 2.74 bits per heavy atom. The number of ether oxygens (including phenoxy) is 2. The third-order valence-corrected chi connectivity index (χ3v) is 2.67. The fourth-order valence-electron chi connectivity index (χ4n) is 1.80. The zero-order valence-corrected chi connectivity index (χ0v) is 10.7. The van der Waals surface area contributed by atoms with Crippen molar-refractivity contribution in [1.82, 2.24) is 9.78 Å². The Kier molecular flexibility index (Phi) is 3.70. The number of methoxy groups -OCH3 is 2. The number of aliphatic carboxylic acids is 1. The van der Waals surface area contributed by atoms with Crippen LogP contribution in [0.1, 0.15) is 5.69 Å². The van der Waals surface area contributed by atoms with Crippen LogP contribution in [-0.4, -0.2) is 35.1 Å². The molecule has 0 saturated heterocycles. The number of aromatic nitrogens is 2. The van der Waals surface area contributed by atoms with Crippen molar-refractivity contribution in [3.05, 3.63) is 36.2 Å². The Hall–Kier alpha value is -2.50. The van der Waals surface area contributed by atoms with E-state index in [1.54, 1.807) is 49.4 Å². The van der Waals surface area contributed by atoms with Gasteiger partial charge < -0.3 is 14.6 Å². The van der Waals surface area contributed by atoms with Crippen LogP contribution >= 0.6 is 0 Å². The van der Waals surface area contributed by atoms with E-state index in [-0.39, 0.29) is 6.42 Å². The van der Waals surface area contributed by atoms with Crippen LogP contribution in [0.15, 0.2) is 30.5 Å². The number of benzene rings is 1. The first-order valence-electron chi connectivity index (χ1n) is 5.63. The van der Waals surface area contributed by atoms with Crippen molar-refractivity contribution in [3.8, 4) is 17.2 Å². The molecule has 2 aromatic rings. The second kappa shape index (κ2) is 5.43. The summed E-state index contributed by atoms with van der Waals surface area (Å²) in [7, 11) is 3.11. The van der Waals surface area contributed by atoms with Crippen molar-refractivity contribution in [2.75, 3.05) is 14.2 Å². The van der Waals surface area contributed by atoms with Gasteiger partial charge in [-0.05, 0) is 18.2 Å². The van der Waals surface area contributed by atoms with E-state index >= 15 is 0 Å². The van der Waals surface area contributed by atoms with E-state index in [4.69, 9.17) is 14.6 Å². The van der Waals surface area contributed by atoms with Crippen molar-refractivity contribution in [1.29, 1.82) is 0 Å². The molecule has 0 aliphatic heterocycles. The van der Waals surface area contributed by atoms with Crippen molar-refractivity contribution in [3.63, 3.8) is 0 Å². The van der Waals surface area contributed by atoms with Crippen LogP contribution in [0, 0.1) is 0 Å². The van der Waals surface area contributed by atoms with Crippen LogP contribution in [0.3, 0.4) is 0 Å². The lowest BCUT2D eigenvalue weighted by Crippen LogP contribution is -2.09. The fraction of sp³-hybridized carbons (Fsp3) is 0.231. The Bertz CT molecular complexity index is 592. The molecule has 0 bridgehead atoms. The monoisotopic (exact) mass is 262 g/mol. The molecule has 0 unspecified atom stereocenters. The van der Waals surface area contributed by atoms with E-state index in [1.807, 2.05) is 0 Å². The quantitative estimate of drug-likeness (QED) is 0.884. The molecule has 6 nitrogen and oxygen atoms in total. The number of rotatable bonds is 5. The van der Waals surface area contributed by atoms with Crippen LogP contribution in [0.5, 0.6) is 11.5 Å². The highest BCUT2D eigenvalue weighted by Crippen LogP contribution is 2.28. The topological polar surface area (TPSA) is 73.6 Å². The highest BCUT2D eigenvalue weighted by molar-refractivity contribution is 5.70. The molecule has 0 aliphatic carbocycles. The van der Waals surface area contributed by atoms with Crippen LogP contribution in [0.2, 0.25) is 0 Å². The van der Waals surface area contributed by atoms with Crippen molar-refractivity contribution < 1.29 is 19.4 Å². The largest absolute Gasteiger partial charge is 0.497 e. The highest BCUT2D eigenvalue weighted by Gasteiger charge is 2.13. The minimum atomic E-state index is -0.908. The zero-order chi connectivity index (χ0) is 13.8. The molecule has 0 atom stereocenters. The molecule has 6 heteroatoms. The van der Waals surface area contributed by atoms with Gasteiger partial charge in [-0.1, -0.05) is 0 Å². The first kappa shape index (κ1) is 12.9. The molecule has 0 spiro atoms. The molecule has 0 radical (unpaired) electrons. The smallest absolute Gasteiger partial charge is 0.309 e. The predicted molar refractivity (Wildman–Crippen MR) is 68.0 cm³/mol. The fourth-order valence-corrected chi connectivity index (χ4v) is 1.80. The van der Waals surface area contributed by atoms with Gasteiger partial charge >= 0.3 is 5.97 Å². The summed E-state index contributed by atoms with van der Waals surface area (Å²) in [5, 5.41) is 13.0. The summed E-state index contributed by atoms with van der Waals surface area (Å²) in [5.41, 5.74) is 1.25. The number of carboxylic acids is 1. The lowest BCUT2D eigenvalue weighted by Gasteiger charge is -2.12. The molecule has 1 aromatic heterocycles. The maximum absolute atomic E-state index is 10.8. The average Bonchev–Trinajstić information content (AvgIpc) is 2.85. The number of hydrogen-bond acceptors (Lipinski definition) is 4. The number of nitrogens with zero attached hydrogens (tertiary/aromatic N) is 2. The minimum Gasteiger partial charge on any atom is -0.497 e. The van der Waals surface area contributed by atoms with Crippen molar-refractivity contribution in [2.45, 2.75) is 6.42 Å². The van der Waals surface area contributed by atoms with Gasteiger partial charge in [0.05, 0.1) is 26.3 Å². The number of carbonyl (C=O) groups is 1. The van der Waals surface area contributed by atoms with Gasteiger partial charge in [-0.3, -0.25) is 4.79 Å². The summed E-state index contributed by atoms with van der Waals surface area (Å²) in [6.45, 7) is 0. The molecule has 1 N–H and O–H groups in total. The van der Waals surface area contributed by atoms with E-state index in [0.717, 1.165) is 0 Å². The third kappa shape index (κ3) is 2.67. The summed E-state index contributed by atoms with van der Waals surface area (Å²) >= 11 is 0. The van der Waals surface area contributed by atoms with Crippen LogP contribution in [0.25, 0.3) is 5.69 Å². The molecule has 100 valence electrons. The predicted octanol–water partition coefficient (Wildman–Crippen LogP) is 1.52. The maximum Gasteiger partial charge on any atom is 0.309 e. The highest BCUT2D eigenvalue weighted by atomic mass is 16.5. The molecule has 0 aliphatic rings. The van der Waals surface area contributed by atoms with Crippen LogP contribution in [0.4, 0.5) is 0 Å². The van der Waals surface area contributed by atoms with Gasteiger partial charge in [0.1, 0.15) is 17.2 Å². The van der Waals surface area contributed by atoms with Crippen molar-refractivity contribution >= 4 is 5.97 Å². The van der Waals surface area contributed by atoms with E-state index in [0.29, 0.717) is 22.9 Å². The molecule has 19 heavy (non-hydrogen) atoms. The lowest BCUT2D eigenvalue weighted by molar-refractivity contribution is -0.136. The van der Waals surface area contributed by atoms with Gasteiger partial charge in [-0.25, -0.2) is 4.68 Å². The normalized spacial score (nSPS) is 10.2. The van der Waals surface area contributed by atoms with Crippen molar-refractivity contribution in [2.24, 2.45) is 0 Å². The van der Waals surface area contributed by atoms with Crippen LogP contribution in [-0.2, 0) is 11.2 Å². The lowest BCUT2D eigenvalue weighted by atomic mass is 10.2. The maximum atomic E-state index is 10.8.